The highest BCUT2D eigenvalue weighted by Crippen LogP contribution is 2.61. The summed E-state index contributed by atoms with van der Waals surface area (Å²) in [6, 6.07) is 16.3. The van der Waals surface area contributed by atoms with Gasteiger partial charge in [0.1, 0.15) is 55.3 Å². The Morgan fingerprint density at radius 2 is 1.62 bits per heavy atom. The quantitative estimate of drug-likeness (QED) is 0.0345. The lowest BCUT2D eigenvalue weighted by atomic mass is 9.54. The first kappa shape index (κ1) is 51.5. The topological polar surface area (TPSA) is 224 Å². The van der Waals surface area contributed by atoms with E-state index in [0.29, 0.717) is 90.8 Å². The molecule has 2 aliphatic heterocycles. The zero-order valence-electron chi connectivity index (χ0n) is 42.9. The van der Waals surface area contributed by atoms with Crippen LogP contribution in [0.5, 0.6) is 0 Å². The first-order valence-corrected chi connectivity index (χ1v) is 25.3. The number of methoxy groups -OCH3 is 1. The van der Waals surface area contributed by atoms with Crippen LogP contribution in [-0.2, 0) is 34.0 Å². The summed E-state index contributed by atoms with van der Waals surface area (Å²) < 4.78 is 31.7. The predicted molar refractivity (Wildman–Crippen MR) is 273 cm³/mol. The smallest absolute Gasteiger partial charge is 0.342 e. The van der Waals surface area contributed by atoms with Crippen LogP contribution in [0.15, 0.2) is 80.8 Å². The number of allylic oxidation sites excluding steroid dienone is 1. The van der Waals surface area contributed by atoms with Gasteiger partial charge in [-0.25, -0.2) is 14.2 Å². The van der Waals surface area contributed by atoms with Crippen LogP contribution in [0.1, 0.15) is 125 Å². The fourth-order valence-electron chi connectivity index (χ4n) is 11.7. The van der Waals surface area contributed by atoms with Crippen molar-refractivity contribution in [2.24, 2.45) is 11.3 Å². The maximum atomic E-state index is 14.3. The van der Waals surface area contributed by atoms with Gasteiger partial charge in [0.05, 0.1) is 23.7 Å². The standard InChI is InChI=1S/C57H62N4O13/c1-56-28-42(50-48(39(56)21-22-43(56)62)51(65)52-49-38(29-71-52)55(69)74-44(30-70-7)57(49,50)2)73-46(64)14-10-12-23-58-45(63)13-9-8-11-24-59-53(66)31-15-18-34(37(25-31)54(67)68)47-35-19-16-32(60(3)4)26-40(35)72-41-27-33(61(5)6)17-20-36(41)47/h15-20,25-27,29,39,42,44H,8-14,21-24,28,30H2,1-7H3,(H2-,58,59,63,66,67,68)/p+1/t39-,42+,44+,56-,57-/m0/s1. The number of ether oxygens (including phenoxy) is 3. The van der Waals surface area contributed by atoms with Crippen molar-refractivity contribution in [2.45, 2.75) is 95.7 Å². The number of fused-ring (bicyclic) bond motifs is 5. The number of rotatable bonds is 18. The van der Waals surface area contributed by atoms with E-state index in [1.807, 2.05) is 87.9 Å². The van der Waals surface area contributed by atoms with E-state index >= 15 is 0 Å². The van der Waals surface area contributed by atoms with E-state index in [9.17, 15) is 38.7 Å². The highest BCUT2D eigenvalue weighted by Gasteiger charge is 2.64. The van der Waals surface area contributed by atoms with Gasteiger partial charge >= 0.3 is 17.9 Å². The van der Waals surface area contributed by atoms with Gasteiger partial charge in [0, 0.05) is 122 Å². The van der Waals surface area contributed by atoms with Crippen LogP contribution in [0.2, 0.25) is 0 Å². The minimum Gasteiger partial charge on any atom is -0.478 e. The molecule has 1 fully saturated rings. The molecule has 6 aliphatic rings. The van der Waals surface area contributed by atoms with Crippen LogP contribution in [-0.4, -0.2) is 114 Å². The van der Waals surface area contributed by atoms with Gasteiger partial charge in [0.15, 0.2) is 5.76 Å². The molecule has 388 valence electrons. The second-order valence-electron chi connectivity index (χ2n) is 20.7. The SMILES string of the molecule is COC[C@H]1OC(=O)c2coc3c2[C@@]1(C)C1=C(C3=O)[C@@H]2CCC(=O)[C@@]2(C)C[C@H]1OC(=O)CCCCNC(=O)CCCCCNC(=O)c1ccc(-c2c3ccc(=[N+](C)C)cc-3oc3cc(N(C)C)ccc23)c(C(=O)O)c1. The lowest BCUT2D eigenvalue weighted by molar-refractivity contribution is -0.152. The number of ketones is 2. The molecule has 2 aromatic carbocycles. The molecule has 3 heterocycles. The van der Waals surface area contributed by atoms with Gasteiger partial charge in [-0.05, 0) is 80.5 Å². The number of nitrogens with one attached hydrogen (secondary N) is 2. The van der Waals surface area contributed by atoms with Crippen LogP contribution in [0, 0.1) is 11.3 Å². The number of anilines is 1. The summed E-state index contributed by atoms with van der Waals surface area (Å²) in [6.07, 6.45) is 3.45. The average molecular weight is 1010 g/mol. The molecule has 9 rings (SSSR count). The molecule has 74 heavy (non-hydrogen) atoms. The van der Waals surface area contributed by atoms with Crippen molar-refractivity contribution in [3.63, 3.8) is 0 Å². The first-order chi connectivity index (χ1) is 35.4. The first-order valence-electron chi connectivity index (χ1n) is 25.3. The Labute approximate surface area is 428 Å². The zero-order valence-corrected chi connectivity index (χ0v) is 42.9. The molecule has 0 spiro atoms. The number of benzene rings is 3. The van der Waals surface area contributed by atoms with Crippen LogP contribution in [0.3, 0.4) is 0 Å². The fourth-order valence-corrected chi connectivity index (χ4v) is 11.7. The second kappa shape index (κ2) is 20.5. The van der Waals surface area contributed by atoms with Crippen LogP contribution in [0.25, 0.3) is 33.4 Å². The molecule has 1 aromatic heterocycles. The summed E-state index contributed by atoms with van der Waals surface area (Å²) in [6.45, 7) is 4.38. The predicted octanol–water partition coefficient (Wildman–Crippen LogP) is 7.11. The molecule has 2 amide bonds. The van der Waals surface area contributed by atoms with Gasteiger partial charge in [0.25, 0.3) is 5.91 Å². The zero-order chi connectivity index (χ0) is 52.8. The Bertz CT molecular complexity index is 3210. The molecular formula is C57H63N4O13+. The largest absolute Gasteiger partial charge is 0.478 e. The van der Waals surface area contributed by atoms with E-state index in [2.05, 4.69) is 10.6 Å². The van der Waals surface area contributed by atoms with Crippen LogP contribution < -0.4 is 25.5 Å². The maximum absolute atomic E-state index is 14.3. The summed E-state index contributed by atoms with van der Waals surface area (Å²) in [5, 5.41) is 17.9. The summed E-state index contributed by atoms with van der Waals surface area (Å²) in [5.41, 5.74) is 2.99. The Kier molecular flexibility index (Phi) is 14.3. The maximum Gasteiger partial charge on any atom is 0.342 e. The molecule has 0 bridgehead atoms. The number of carboxylic acids is 1. The molecular weight excluding hydrogens is 949 g/mol. The Morgan fingerprint density at radius 3 is 2.36 bits per heavy atom. The second-order valence-corrected chi connectivity index (χ2v) is 20.7. The number of nitrogens with zero attached hydrogens (tertiary/aromatic N) is 2. The highest BCUT2D eigenvalue weighted by molar-refractivity contribution is 6.15. The number of aromatic carboxylic acids is 1. The van der Waals surface area contributed by atoms with Gasteiger partial charge in [-0.1, -0.05) is 19.4 Å². The normalized spacial score (nSPS) is 21.7. The number of furan rings is 1. The summed E-state index contributed by atoms with van der Waals surface area (Å²) in [7, 11) is 9.22. The van der Waals surface area contributed by atoms with E-state index in [4.69, 9.17) is 23.0 Å². The number of amides is 2. The molecule has 17 heteroatoms. The number of hydrogen-bond donors (Lipinski definition) is 3. The number of carbonyl (C=O) groups excluding carboxylic acids is 6. The minimum absolute atomic E-state index is 0.00292. The van der Waals surface area contributed by atoms with Crippen molar-refractivity contribution in [3.8, 4) is 22.5 Å². The van der Waals surface area contributed by atoms with Crippen molar-refractivity contribution < 1.29 is 61.7 Å². The number of esters is 2. The Balaban J connectivity index is 0.753. The third-order valence-corrected chi connectivity index (χ3v) is 15.7. The number of cyclic esters (lactones) is 1. The van der Waals surface area contributed by atoms with E-state index in [0.717, 1.165) is 22.0 Å². The van der Waals surface area contributed by atoms with Crippen molar-refractivity contribution in [1.29, 1.82) is 0 Å². The third kappa shape index (κ3) is 9.19. The number of unbranched alkanes of at least 4 members (excludes halogenated alkanes) is 3. The monoisotopic (exact) mass is 1010 g/mol. The van der Waals surface area contributed by atoms with E-state index < -0.39 is 58.6 Å². The van der Waals surface area contributed by atoms with E-state index in [1.165, 1.54) is 19.4 Å². The van der Waals surface area contributed by atoms with Crippen molar-refractivity contribution in [2.75, 3.05) is 59.9 Å². The highest BCUT2D eigenvalue weighted by atomic mass is 16.6. The van der Waals surface area contributed by atoms with E-state index in [-0.39, 0.29) is 66.4 Å². The molecule has 5 atom stereocenters. The number of carbonyl (C=O) groups is 7. The van der Waals surface area contributed by atoms with Gasteiger partial charge < -0.3 is 43.7 Å². The Morgan fingerprint density at radius 1 is 0.878 bits per heavy atom. The van der Waals surface area contributed by atoms with Crippen molar-refractivity contribution >= 4 is 57.9 Å². The molecule has 4 aliphatic carbocycles. The van der Waals surface area contributed by atoms with Crippen molar-refractivity contribution in [3.05, 3.63) is 105 Å². The lowest BCUT2D eigenvalue weighted by Crippen LogP contribution is -2.57. The lowest BCUT2D eigenvalue weighted by Gasteiger charge is -2.51. The molecule has 1 saturated carbocycles. The van der Waals surface area contributed by atoms with Gasteiger partial charge in [-0.15, -0.1) is 0 Å². The molecule has 17 nitrogen and oxygen atoms in total. The summed E-state index contributed by atoms with van der Waals surface area (Å²) in [5.74, 6) is -3.05. The molecule has 0 unspecified atom stereocenters. The Hall–Kier alpha value is -7.40. The summed E-state index contributed by atoms with van der Waals surface area (Å²) in [4.78, 5) is 95.2. The van der Waals surface area contributed by atoms with Gasteiger partial charge in [-0.2, -0.15) is 0 Å². The fraction of sp³-hybridized carbons (Fsp3) is 0.439. The number of Topliss-reactive ketones (excluding diaryl/α,β-unsaturated/α-hetero) is 2. The molecule has 3 aromatic rings. The number of hydrogen-bond acceptors (Lipinski definition) is 13. The van der Waals surface area contributed by atoms with Crippen LogP contribution >= 0.6 is 0 Å². The summed E-state index contributed by atoms with van der Waals surface area (Å²) >= 11 is 0. The third-order valence-electron chi connectivity index (χ3n) is 15.7. The van der Waals surface area contributed by atoms with Gasteiger partial charge in [0.2, 0.25) is 17.0 Å². The molecule has 0 radical (unpaired) electrons. The van der Waals surface area contributed by atoms with Crippen LogP contribution in [0.4, 0.5) is 5.69 Å². The van der Waals surface area contributed by atoms with Crippen molar-refractivity contribution in [1.82, 2.24) is 15.2 Å². The molecule has 3 N–H and O–H groups in total. The van der Waals surface area contributed by atoms with E-state index in [1.54, 1.807) is 12.1 Å². The number of carboxylic acid groups (broad SMARTS) is 1. The van der Waals surface area contributed by atoms with Gasteiger partial charge in [-0.3, -0.25) is 24.0 Å². The molecule has 0 saturated heterocycles. The average Bonchev–Trinajstić information content (AvgIpc) is 3.96. The minimum atomic E-state index is -1.17.